The van der Waals surface area contributed by atoms with Gasteiger partial charge in [-0.05, 0) is 32.6 Å². The second kappa shape index (κ2) is 3.23. The maximum Gasteiger partial charge on any atom is 0.0682 e. The van der Waals surface area contributed by atoms with E-state index in [1.807, 2.05) is 0 Å². The van der Waals surface area contributed by atoms with Crippen LogP contribution in [-0.2, 0) is 0 Å². The van der Waals surface area contributed by atoms with Crippen LogP contribution in [0.1, 0.15) is 32.6 Å². The zero-order valence-electron chi connectivity index (χ0n) is 8.24. The fourth-order valence-electron chi connectivity index (χ4n) is 2.13. The summed E-state index contributed by atoms with van der Waals surface area (Å²) in [7, 11) is 0. The van der Waals surface area contributed by atoms with Crippen molar-refractivity contribution in [1.29, 1.82) is 0 Å². The van der Waals surface area contributed by atoms with Crippen LogP contribution in [0.3, 0.4) is 0 Å². The molecule has 2 aliphatic rings. The van der Waals surface area contributed by atoms with Crippen molar-refractivity contribution in [2.45, 2.75) is 50.4 Å². The van der Waals surface area contributed by atoms with E-state index >= 15 is 0 Å². The van der Waals surface area contributed by atoms with Crippen molar-refractivity contribution in [3.05, 3.63) is 0 Å². The molecule has 0 aromatic heterocycles. The number of aliphatic hydroxyl groups excluding tert-OH is 1. The molecule has 3 heteroatoms. The largest absolute Gasteiger partial charge is 0.392 e. The number of aliphatic hydroxyl groups is 2. The average Bonchev–Trinajstić information content (AvgIpc) is 2.69. The Morgan fingerprint density at radius 1 is 1.46 bits per heavy atom. The van der Waals surface area contributed by atoms with E-state index in [9.17, 15) is 10.2 Å². The number of nitrogens with zero attached hydrogens (tertiary/aromatic N) is 1. The lowest BCUT2D eigenvalue weighted by Crippen LogP contribution is -2.31. The van der Waals surface area contributed by atoms with E-state index in [2.05, 4.69) is 11.8 Å². The molecule has 0 spiro atoms. The molecule has 0 amide bonds. The first-order chi connectivity index (χ1) is 6.09. The molecule has 3 nitrogen and oxygen atoms in total. The molecule has 1 heterocycles. The van der Waals surface area contributed by atoms with Crippen LogP contribution in [0.4, 0.5) is 0 Å². The molecule has 1 aliphatic carbocycles. The molecular formula is C10H19NO2. The summed E-state index contributed by atoms with van der Waals surface area (Å²) in [6.07, 6.45) is 3.56. The Morgan fingerprint density at radius 2 is 2.15 bits per heavy atom. The first-order valence-electron chi connectivity index (χ1n) is 5.24. The van der Waals surface area contributed by atoms with Crippen molar-refractivity contribution >= 4 is 0 Å². The third-order valence-electron chi connectivity index (χ3n) is 3.37. The van der Waals surface area contributed by atoms with Crippen LogP contribution in [0.25, 0.3) is 0 Å². The number of β-amino-alcohol motifs (C(OH)–C–C–N with tert-alkyl or cyclic N) is 1. The summed E-state index contributed by atoms with van der Waals surface area (Å²) in [5.41, 5.74) is -0.340. The van der Waals surface area contributed by atoms with Gasteiger partial charge < -0.3 is 10.2 Å². The van der Waals surface area contributed by atoms with E-state index in [-0.39, 0.29) is 11.7 Å². The highest BCUT2D eigenvalue weighted by atomic mass is 16.3. The summed E-state index contributed by atoms with van der Waals surface area (Å²) < 4.78 is 0. The Kier molecular flexibility index (Phi) is 2.34. The highest BCUT2D eigenvalue weighted by Gasteiger charge is 2.40. The zero-order valence-corrected chi connectivity index (χ0v) is 8.24. The third-order valence-corrected chi connectivity index (χ3v) is 3.37. The van der Waals surface area contributed by atoms with Crippen LogP contribution in [0, 0.1) is 0 Å². The molecule has 1 saturated heterocycles. The summed E-state index contributed by atoms with van der Waals surface area (Å²) in [5, 5.41) is 19.1. The summed E-state index contributed by atoms with van der Waals surface area (Å²) in [6.45, 7) is 3.87. The molecule has 0 radical (unpaired) electrons. The predicted molar refractivity (Wildman–Crippen MR) is 50.5 cm³/mol. The number of hydrogen-bond donors (Lipinski definition) is 2. The molecule has 0 bridgehead atoms. The maximum atomic E-state index is 9.65. The van der Waals surface area contributed by atoms with Gasteiger partial charge in [0.1, 0.15) is 0 Å². The second-order valence-electron chi connectivity index (χ2n) is 4.71. The Balaban J connectivity index is 1.75. The average molecular weight is 185 g/mol. The van der Waals surface area contributed by atoms with E-state index < -0.39 is 0 Å². The van der Waals surface area contributed by atoms with E-state index in [1.165, 1.54) is 0 Å². The molecule has 2 rings (SSSR count). The van der Waals surface area contributed by atoms with Crippen LogP contribution >= 0.6 is 0 Å². The van der Waals surface area contributed by atoms with E-state index in [0.717, 1.165) is 38.8 Å². The summed E-state index contributed by atoms with van der Waals surface area (Å²) >= 11 is 0. The van der Waals surface area contributed by atoms with Crippen molar-refractivity contribution in [3.8, 4) is 0 Å². The van der Waals surface area contributed by atoms with Crippen molar-refractivity contribution in [3.63, 3.8) is 0 Å². The highest BCUT2D eigenvalue weighted by molar-refractivity contribution is 4.95. The van der Waals surface area contributed by atoms with E-state index in [4.69, 9.17) is 0 Å². The van der Waals surface area contributed by atoms with Crippen LogP contribution in [-0.4, -0.2) is 45.9 Å². The smallest absolute Gasteiger partial charge is 0.0682 e. The minimum Gasteiger partial charge on any atom is -0.392 e. The predicted octanol–water partition coefficient (Wildman–Crippen LogP) is 0.356. The standard InChI is InChI=1S/C10H19NO2/c1-8-6-9(12)7-11(8)5-4-10(13)2-3-10/h8-9,12-13H,2-7H2,1H3. The van der Waals surface area contributed by atoms with Gasteiger partial charge in [0.05, 0.1) is 11.7 Å². The molecule has 0 aromatic carbocycles. The summed E-state index contributed by atoms with van der Waals surface area (Å²) in [4.78, 5) is 2.28. The monoisotopic (exact) mass is 185 g/mol. The third kappa shape index (κ3) is 2.22. The molecule has 1 saturated carbocycles. The van der Waals surface area contributed by atoms with Crippen molar-refractivity contribution in [2.24, 2.45) is 0 Å². The minimum atomic E-state index is -0.340. The van der Waals surface area contributed by atoms with Crippen molar-refractivity contribution < 1.29 is 10.2 Å². The van der Waals surface area contributed by atoms with Gasteiger partial charge in [0.15, 0.2) is 0 Å². The Bertz CT molecular complexity index is 191. The van der Waals surface area contributed by atoms with Gasteiger partial charge in [-0.1, -0.05) is 0 Å². The fraction of sp³-hybridized carbons (Fsp3) is 1.00. The van der Waals surface area contributed by atoms with Crippen molar-refractivity contribution in [1.82, 2.24) is 4.90 Å². The SMILES string of the molecule is CC1CC(O)CN1CCC1(O)CC1. The van der Waals surface area contributed by atoms with Gasteiger partial charge in [-0.3, -0.25) is 4.90 Å². The second-order valence-corrected chi connectivity index (χ2v) is 4.71. The van der Waals surface area contributed by atoms with E-state index in [0.29, 0.717) is 6.04 Å². The van der Waals surface area contributed by atoms with Crippen molar-refractivity contribution in [2.75, 3.05) is 13.1 Å². The molecule has 1 aliphatic heterocycles. The Labute approximate surface area is 79.4 Å². The van der Waals surface area contributed by atoms with Crippen LogP contribution < -0.4 is 0 Å². The molecule has 2 unspecified atom stereocenters. The highest BCUT2D eigenvalue weighted by Crippen LogP contribution is 2.38. The first-order valence-corrected chi connectivity index (χ1v) is 5.24. The summed E-state index contributed by atoms with van der Waals surface area (Å²) in [5.74, 6) is 0. The molecule has 0 aromatic rings. The van der Waals surface area contributed by atoms with E-state index in [1.54, 1.807) is 0 Å². The lowest BCUT2D eigenvalue weighted by Gasteiger charge is -2.21. The quantitative estimate of drug-likeness (QED) is 0.667. The van der Waals surface area contributed by atoms with Crippen LogP contribution in [0.5, 0.6) is 0 Å². The topological polar surface area (TPSA) is 43.7 Å². The number of hydrogen-bond acceptors (Lipinski definition) is 3. The lowest BCUT2D eigenvalue weighted by molar-refractivity contribution is 0.112. The normalized spacial score (nSPS) is 38.1. The van der Waals surface area contributed by atoms with Crippen LogP contribution in [0.2, 0.25) is 0 Å². The minimum absolute atomic E-state index is 0.149. The number of likely N-dealkylation sites (tertiary alicyclic amines) is 1. The van der Waals surface area contributed by atoms with Crippen LogP contribution in [0.15, 0.2) is 0 Å². The van der Waals surface area contributed by atoms with Gasteiger partial charge in [0.2, 0.25) is 0 Å². The van der Waals surface area contributed by atoms with Gasteiger partial charge in [0.25, 0.3) is 0 Å². The Hall–Kier alpha value is -0.120. The fourth-order valence-corrected chi connectivity index (χ4v) is 2.13. The molecular weight excluding hydrogens is 166 g/mol. The number of rotatable bonds is 3. The van der Waals surface area contributed by atoms with Gasteiger partial charge in [-0.2, -0.15) is 0 Å². The lowest BCUT2D eigenvalue weighted by atomic mass is 10.2. The molecule has 2 fully saturated rings. The summed E-state index contributed by atoms with van der Waals surface area (Å²) in [6, 6.07) is 0.484. The maximum absolute atomic E-state index is 9.65. The molecule has 2 N–H and O–H groups in total. The van der Waals surface area contributed by atoms with Gasteiger partial charge in [-0.25, -0.2) is 0 Å². The van der Waals surface area contributed by atoms with Gasteiger partial charge >= 0.3 is 0 Å². The van der Waals surface area contributed by atoms with Gasteiger partial charge in [-0.15, -0.1) is 0 Å². The molecule has 13 heavy (non-hydrogen) atoms. The Morgan fingerprint density at radius 3 is 2.62 bits per heavy atom. The molecule has 76 valence electrons. The first kappa shape index (κ1) is 9.44. The zero-order chi connectivity index (χ0) is 9.47. The molecule has 2 atom stereocenters. The van der Waals surface area contributed by atoms with Gasteiger partial charge in [0, 0.05) is 19.1 Å².